The molecule has 154 valence electrons. The van der Waals surface area contributed by atoms with Gasteiger partial charge in [-0.25, -0.2) is 4.98 Å². The SMILES string of the molecule is CCCCn1c(-c2ccccc2)nc(C)c1CNC(CCC)Cc1ccccc1. The smallest absolute Gasteiger partial charge is 0.140 e. The number of rotatable bonds is 11. The molecular weight excluding hydrogens is 354 g/mol. The van der Waals surface area contributed by atoms with Crippen LogP contribution in [0.25, 0.3) is 11.4 Å². The monoisotopic (exact) mass is 389 g/mol. The molecule has 0 radical (unpaired) electrons. The van der Waals surface area contributed by atoms with Crippen LogP contribution in [0.3, 0.4) is 0 Å². The van der Waals surface area contributed by atoms with E-state index in [4.69, 9.17) is 4.98 Å². The first-order valence-corrected chi connectivity index (χ1v) is 11.1. The summed E-state index contributed by atoms with van der Waals surface area (Å²) in [4.78, 5) is 4.96. The molecule has 1 unspecified atom stereocenters. The minimum atomic E-state index is 0.483. The van der Waals surface area contributed by atoms with Crippen LogP contribution in [0.4, 0.5) is 0 Å². The van der Waals surface area contributed by atoms with E-state index in [1.807, 2.05) is 0 Å². The maximum atomic E-state index is 4.96. The van der Waals surface area contributed by atoms with Gasteiger partial charge < -0.3 is 9.88 Å². The number of nitrogens with zero attached hydrogens (tertiary/aromatic N) is 2. The maximum absolute atomic E-state index is 4.96. The molecule has 0 aliphatic rings. The fourth-order valence-corrected chi connectivity index (χ4v) is 3.96. The van der Waals surface area contributed by atoms with Crippen LogP contribution in [-0.4, -0.2) is 15.6 Å². The van der Waals surface area contributed by atoms with E-state index < -0.39 is 0 Å². The topological polar surface area (TPSA) is 29.9 Å². The molecular formula is C26H35N3. The zero-order chi connectivity index (χ0) is 20.5. The lowest BCUT2D eigenvalue weighted by atomic mass is 10.0. The van der Waals surface area contributed by atoms with Crippen LogP contribution < -0.4 is 5.32 Å². The molecule has 0 saturated carbocycles. The number of imidazole rings is 1. The summed E-state index contributed by atoms with van der Waals surface area (Å²) in [5.41, 5.74) is 5.07. The number of nitrogens with one attached hydrogen (secondary N) is 1. The van der Waals surface area contributed by atoms with E-state index in [1.54, 1.807) is 0 Å². The van der Waals surface area contributed by atoms with Crippen molar-refractivity contribution in [3.63, 3.8) is 0 Å². The third kappa shape index (κ3) is 5.80. The Labute approximate surface area is 176 Å². The molecule has 1 heterocycles. The average Bonchev–Trinajstić information content (AvgIpc) is 3.07. The summed E-state index contributed by atoms with van der Waals surface area (Å²) in [6, 6.07) is 21.9. The Kier molecular flexibility index (Phi) is 8.06. The van der Waals surface area contributed by atoms with Gasteiger partial charge in [-0.3, -0.25) is 0 Å². The zero-order valence-electron chi connectivity index (χ0n) is 18.2. The van der Waals surface area contributed by atoms with Crippen LogP contribution in [0, 0.1) is 6.92 Å². The van der Waals surface area contributed by atoms with Gasteiger partial charge in [-0.15, -0.1) is 0 Å². The highest BCUT2D eigenvalue weighted by atomic mass is 15.1. The highest BCUT2D eigenvalue weighted by Crippen LogP contribution is 2.23. The van der Waals surface area contributed by atoms with Gasteiger partial charge in [0.1, 0.15) is 5.82 Å². The highest BCUT2D eigenvalue weighted by molar-refractivity contribution is 5.56. The number of hydrogen-bond acceptors (Lipinski definition) is 2. The Morgan fingerprint density at radius 1 is 0.931 bits per heavy atom. The molecule has 3 heteroatoms. The van der Waals surface area contributed by atoms with Crippen LogP contribution in [-0.2, 0) is 19.5 Å². The molecule has 2 aromatic carbocycles. The lowest BCUT2D eigenvalue weighted by Crippen LogP contribution is -2.31. The third-order valence-corrected chi connectivity index (χ3v) is 5.56. The standard InChI is InChI=1S/C26H35N3/c1-4-6-18-29-25(21(3)28-26(29)23-16-11-8-12-17-23)20-27-24(13-5-2)19-22-14-9-7-10-15-22/h7-12,14-17,24,27H,4-6,13,18-20H2,1-3H3. The molecule has 1 atom stereocenters. The average molecular weight is 390 g/mol. The number of aromatic nitrogens is 2. The molecule has 0 bridgehead atoms. The second-order valence-corrected chi connectivity index (χ2v) is 7.89. The van der Waals surface area contributed by atoms with E-state index in [2.05, 4.69) is 91.3 Å². The van der Waals surface area contributed by atoms with E-state index in [9.17, 15) is 0 Å². The van der Waals surface area contributed by atoms with Gasteiger partial charge in [0.05, 0.1) is 11.4 Å². The summed E-state index contributed by atoms with van der Waals surface area (Å²) < 4.78 is 2.44. The van der Waals surface area contributed by atoms with Crippen molar-refractivity contribution in [1.82, 2.24) is 14.9 Å². The summed E-state index contributed by atoms with van der Waals surface area (Å²) in [7, 11) is 0. The molecule has 1 aromatic heterocycles. The second-order valence-electron chi connectivity index (χ2n) is 7.89. The molecule has 1 N–H and O–H groups in total. The Balaban J connectivity index is 1.80. The predicted octanol–water partition coefficient (Wildman–Crippen LogP) is 6.16. The van der Waals surface area contributed by atoms with Crippen molar-refractivity contribution < 1.29 is 0 Å². The van der Waals surface area contributed by atoms with Crippen molar-refractivity contribution in [1.29, 1.82) is 0 Å². The Morgan fingerprint density at radius 2 is 1.62 bits per heavy atom. The summed E-state index contributed by atoms with van der Waals surface area (Å²) in [5.74, 6) is 1.10. The molecule has 3 nitrogen and oxygen atoms in total. The first-order chi connectivity index (χ1) is 14.2. The summed E-state index contributed by atoms with van der Waals surface area (Å²) >= 11 is 0. The molecule has 29 heavy (non-hydrogen) atoms. The van der Waals surface area contributed by atoms with Crippen LogP contribution in [0.1, 0.15) is 56.5 Å². The van der Waals surface area contributed by atoms with Gasteiger partial charge in [0.15, 0.2) is 0 Å². The molecule has 0 aliphatic heterocycles. The minimum Gasteiger partial charge on any atom is -0.327 e. The molecule has 3 rings (SSSR count). The summed E-state index contributed by atoms with van der Waals surface area (Å²) in [5, 5.41) is 3.85. The zero-order valence-corrected chi connectivity index (χ0v) is 18.2. The van der Waals surface area contributed by atoms with Crippen molar-refractivity contribution >= 4 is 0 Å². The van der Waals surface area contributed by atoms with Crippen LogP contribution >= 0.6 is 0 Å². The number of unbranched alkanes of at least 4 members (excludes halogenated alkanes) is 1. The lowest BCUT2D eigenvalue weighted by molar-refractivity contribution is 0.459. The summed E-state index contributed by atoms with van der Waals surface area (Å²) in [6.45, 7) is 8.56. The van der Waals surface area contributed by atoms with Crippen molar-refractivity contribution in [2.45, 2.75) is 72.0 Å². The fraction of sp³-hybridized carbons (Fsp3) is 0.423. The molecule has 0 aliphatic carbocycles. The number of benzene rings is 2. The molecule has 0 saturated heterocycles. The fourth-order valence-electron chi connectivity index (χ4n) is 3.96. The Hall–Kier alpha value is -2.39. The van der Waals surface area contributed by atoms with Crippen molar-refractivity contribution in [3.8, 4) is 11.4 Å². The van der Waals surface area contributed by atoms with Gasteiger partial charge in [0, 0.05) is 24.7 Å². The first-order valence-electron chi connectivity index (χ1n) is 11.1. The van der Waals surface area contributed by atoms with Gasteiger partial charge in [0.2, 0.25) is 0 Å². The Morgan fingerprint density at radius 3 is 2.28 bits per heavy atom. The van der Waals surface area contributed by atoms with Crippen molar-refractivity contribution in [2.75, 3.05) is 0 Å². The van der Waals surface area contributed by atoms with Crippen molar-refractivity contribution in [3.05, 3.63) is 77.6 Å². The third-order valence-electron chi connectivity index (χ3n) is 5.56. The van der Waals surface area contributed by atoms with Crippen LogP contribution in [0.5, 0.6) is 0 Å². The minimum absolute atomic E-state index is 0.483. The van der Waals surface area contributed by atoms with Gasteiger partial charge >= 0.3 is 0 Å². The predicted molar refractivity (Wildman–Crippen MR) is 123 cm³/mol. The normalized spacial score (nSPS) is 12.2. The maximum Gasteiger partial charge on any atom is 0.140 e. The number of aryl methyl sites for hydroxylation is 1. The van der Waals surface area contributed by atoms with Crippen molar-refractivity contribution in [2.24, 2.45) is 0 Å². The Bertz CT molecular complexity index is 852. The number of hydrogen-bond donors (Lipinski definition) is 1. The van der Waals surface area contributed by atoms with E-state index in [1.165, 1.54) is 42.5 Å². The van der Waals surface area contributed by atoms with Gasteiger partial charge in [-0.05, 0) is 31.7 Å². The van der Waals surface area contributed by atoms with E-state index in [-0.39, 0.29) is 0 Å². The van der Waals surface area contributed by atoms with Crippen LogP contribution in [0.2, 0.25) is 0 Å². The van der Waals surface area contributed by atoms with E-state index >= 15 is 0 Å². The quantitative estimate of drug-likeness (QED) is 0.426. The van der Waals surface area contributed by atoms with E-state index in [0.717, 1.165) is 31.0 Å². The lowest BCUT2D eigenvalue weighted by Gasteiger charge is -2.20. The van der Waals surface area contributed by atoms with Gasteiger partial charge in [0.25, 0.3) is 0 Å². The van der Waals surface area contributed by atoms with E-state index in [0.29, 0.717) is 6.04 Å². The van der Waals surface area contributed by atoms with Gasteiger partial charge in [-0.1, -0.05) is 87.4 Å². The molecule has 3 aromatic rings. The summed E-state index contributed by atoms with van der Waals surface area (Å²) in [6.07, 6.45) is 5.80. The highest BCUT2D eigenvalue weighted by Gasteiger charge is 2.17. The van der Waals surface area contributed by atoms with Crippen LogP contribution in [0.15, 0.2) is 60.7 Å². The first kappa shape index (κ1) is 21.3. The molecule has 0 spiro atoms. The largest absolute Gasteiger partial charge is 0.327 e. The molecule has 0 fully saturated rings. The van der Waals surface area contributed by atoms with Gasteiger partial charge in [-0.2, -0.15) is 0 Å². The second kappa shape index (κ2) is 11.0. The molecule has 0 amide bonds.